The third kappa shape index (κ3) is 5.26. The number of aromatic nitrogens is 1. The Hall–Kier alpha value is -2.49. The maximum atomic E-state index is 13.7. The first-order chi connectivity index (χ1) is 16.4. The third-order valence-electron chi connectivity index (χ3n) is 6.80. The Morgan fingerprint density at radius 1 is 0.941 bits per heavy atom. The van der Waals surface area contributed by atoms with Gasteiger partial charge >= 0.3 is 0 Å². The molecule has 1 aromatic carbocycles. The summed E-state index contributed by atoms with van der Waals surface area (Å²) in [5, 5.41) is 0. The molecule has 0 spiro atoms. The van der Waals surface area contributed by atoms with Gasteiger partial charge in [0.2, 0.25) is 10.0 Å². The number of hydrogen-bond donors (Lipinski definition) is 0. The highest BCUT2D eigenvalue weighted by atomic mass is 32.2. The topological polar surface area (TPSA) is 77.1 Å². The largest absolute Gasteiger partial charge is 0.371 e. The number of amides is 1. The van der Waals surface area contributed by atoms with E-state index in [2.05, 4.69) is 14.8 Å². The number of pyridine rings is 1. The molecule has 0 unspecified atom stereocenters. The summed E-state index contributed by atoms with van der Waals surface area (Å²) in [5.41, 5.74) is 2.55. The molecule has 0 atom stereocenters. The highest BCUT2D eigenvalue weighted by Gasteiger charge is 2.29. The van der Waals surface area contributed by atoms with Gasteiger partial charge in [0, 0.05) is 77.0 Å². The molecule has 8 nitrogen and oxygen atoms in total. The molecule has 0 bridgehead atoms. The molecule has 2 aliphatic rings. The van der Waals surface area contributed by atoms with Gasteiger partial charge in [-0.15, -0.1) is 0 Å². The van der Waals surface area contributed by atoms with E-state index in [1.807, 2.05) is 36.9 Å². The molecule has 9 heteroatoms. The first-order valence-corrected chi connectivity index (χ1v) is 13.7. The molecule has 2 aliphatic heterocycles. The van der Waals surface area contributed by atoms with Crippen molar-refractivity contribution in [3.63, 3.8) is 0 Å². The van der Waals surface area contributed by atoms with Gasteiger partial charge in [-0.05, 0) is 48.7 Å². The molecule has 0 aliphatic carbocycles. The van der Waals surface area contributed by atoms with Crippen LogP contribution < -0.4 is 4.90 Å². The Morgan fingerprint density at radius 2 is 1.59 bits per heavy atom. The summed E-state index contributed by atoms with van der Waals surface area (Å²) in [4.78, 5) is 24.4. The van der Waals surface area contributed by atoms with E-state index in [-0.39, 0.29) is 10.8 Å². The normalized spacial score (nSPS) is 17.5. The summed E-state index contributed by atoms with van der Waals surface area (Å²) < 4.78 is 27.8. The summed E-state index contributed by atoms with van der Waals surface area (Å²) >= 11 is 0. The van der Waals surface area contributed by atoms with Crippen LogP contribution in [-0.4, -0.2) is 85.8 Å². The molecular formula is C25H35N5O3S. The highest BCUT2D eigenvalue weighted by molar-refractivity contribution is 7.89. The number of piperazine rings is 1. The zero-order chi connectivity index (χ0) is 24.1. The molecule has 2 aromatic rings. The molecule has 0 saturated carbocycles. The van der Waals surface area contributed by atoms with Gasteiger partial charge in [0.25, 0.3) is 5.91 Å². The maximum absolute atomic E-state index is 13.7. The Kier molecular flexibility index (Phi) is 7.85. The van der Waals surface area contributed by atoms with E-state index in [1.54, 1.807) is 24.5 Å². The minimum atomic E-state index is -3.64. The highest BCUT2D eigenvalue weighted by Crippen LogP contribution is 2.30. The van der Waals surface area contributed by atoms with Gasteiger partial charge in [0.15, 0.2) is 0 Å². The second-order valence-electron chi connectivity index (χ2n) is 8.89. The van der Waals surface area contributed by atoms with Crippen LogP contribution >= 0.6 is 0 Å². The fourth-order valence-electron chi connectivity index (χ4n) is 4.82. The standard InChI is InChI=1S/C25H35N5O3S/c1-3-30(4-2)34(32,33)22-7-8-24(28-13-5-6-14-28)23(19-22)25(31)29-17-15-27(16-18-29)20-21-9-11-26-12-10-21/h7-12,19H,3-6,13-18,20H2,1-2H3. The lowest BCUT2D eigenvalue weighted by Gasteiger charge is -2.35. The fourth-order valence-corrected chi connectivity index (χ4v) is 6.30. The van der Waals surface area contributed by atoms with Gasteiger partial charge in [-0.1, -0.05) is 13.8 Å². The van der Waals surface area contributed by atoms with Crippen LogP contribution in [0.4, 0.5) is 5.69 Å². The van der Waals surface area contributed by atoms with Crippen LogP contribution in [0.3, 0.4) is 0 Å². The minimum absolute atomic E-state index is 0.0814. The van der Waals surface area contributed by atoms with Crippen LogP contribution in [0.5, 0.6) is 0 Å². The Morgan fingerprint density at radius 3 is 2.21 bits per heavy atom. The molecule has 4 rings (SSSR count). The van der Waals surface area contributed by atoms with E-state index < -0.39 is 10.0 Å². The summed E-state index contributed by atoms with van der Waals surface area (Å²) in [6.07, 6.45) is 5.77. The zero-order valence-corrected chi connectivity index (χ0v) is 21.0. The summed E-state index contributed by atoms with van der Waals surface area (Å²) in [6, 6.07) is 9.12. The molecule has 2 saturated heterocycles. The average Bonchev–Trinajstić information content (AvgIpc) is 3.40. The van der Waals surface area contributed by atoms with Crippen molar-refractivity contribution in [3.05, 3.63) is 53.9 Å². The summed E-state index contributed by atoms with van der Waals surface area (Å²) in [6.45, 7) is 9.88. The fraction of sp³-hybridized carbons (Fsp3) is 0.520. The van der Waals surface area contributed by atoms with Crippen molar-refractivity contribution in [2.75, 3.05) is 57.3 Å². The number of anilines is 1. The number of hydrogen-bond acceptors (Lipinski definition) is 6. The van der Waals surface area contributed by atoms with Crippen LogP contribution in [0.25, 0.3) is 0 Å². The quantitative estimate of drug-likeness (QED) is 0.572. The third-order valence-corrected chi connectivity index (χ3v) is 8.85. The van der Waals surface area contributed by atoms with Gasteiger partial charge in [0.1, 0.15) is 0 Å². The predicted molar refractivity (Wildman–Crippen MR) is 133 cm³/mol. The summed E-state index contributed by atoms with van der Waals surface area (Å²) in [7, 11) is -3.64. The van der Waals surface area contributed by atoms with Crippen molar-refractivity contribution >= 4 is 21.6 Å². The van der Waals surface area contributed by atoms with Crippen molar-refractivity contribution < 1.29 is 13.2 Å². The first kappa shape index (κ1) is 24.6. The van der Waals surface area contributed by atoms with Crippen molar-refractivity contribution in [2.45, 2.75) is 38.1 Å². The number of carbonyl (C=O) groups excluding carboxylic acids is 1. The smallest absolute Gasteiger partial charge is 0.256 e. The van der Waals surface area contributed by atoms with Crippen LogP contribution in [0.15, 0.2) is 47.6 Å². The maximum Gasteiger partial charge on any atom is 0.256 e. The molecule has 184 valence electrons. The number of benzene rings is 1. The van der Waals surface area contributed by atoms with Gasteiger partial charge < -0.3 is 9.80 Å². The van der Waals surface area contributed by atoms with E-state index in [9.17, 15) is 13.2 Å². The van der Waals surface area contributed by atoms with Crippen molar-refractivity contribution in [3.8, 4) is 0 Å². The minimum Gasteiger partial charge on any atom is -0.371 e. The van der Waals surface area contributed by atoms with Crippen LogP contribution in [0.2, 0.25) is 0 Å². The molecular weight excluding hydrogens is 450 g/mol. The molecule has 1 amide bonds. The zero-order valence-electron chi connectivity index (χ0n) is 20.2. The Labute approximate surface area is 203 Å². The van der Waals surface area contributed by atoms with Crippen molar-refractivity contribution in [1.82, 2.24) is 19.1 Å². The van der Waals surface area contributed by atoms with Gasteiger partial charge in [-0.3, -0.25) is 14.7 Å². The van der Waals surface area contributed by atoms with Crippen LogP contribution in [-0.2, 0) is 16.6 Å². The number of rotatable bonds is 8. The van der Waals surface area contributed by atoms with Crippen LogP contribution in [0, 0.1) is 0 Å². The average molecular weight is 486 g/mol. The number of carbonyl (C=O) groups is 1. The lowest BCUT2D eigenvalue weighted by Crippen LogP contribution is -2.48. The second-order valence-corrected chi connectivity index (χ2v) is 10.8. The Bertz CT molecular complexity index is 1070. The predicted octanol–water partition coefficient (Wildman–Crippen LogP) is 2.67. The van der Waals surface area contributed by atoms with Crippen molar-refractivity contribution in [1.29, 1.82) is 0 Å². The number of sulfonamides is 1. The Balaban J connectivity index is 1.55. The lowest BCUT2D eigenvalue weighted by atomic mass is 10.1. The van der Waals surface area contributed by atoms with Gasteiger partial charge in [0.05, 0.1) is 10.5 Å². The van der Waals surface area contributed by atoms with Crippen molar-refractivity contribution in [2.24, 2.45) is 0 Å². The first-order valence-electron chi connectivity index (χ1n) is 12.2. The molecule has 34 heavy (non-hydrogen) atoms. The molecule has 0 N–H and O–H groups in total. The van der Waals surface area contributed by atoms with Gasteiger partial charge in [-0.25, -0.2) is 8.42 Å². The summed E-state index contributed by atoms with van der Waals surface area (Å²) in [5.74, 6) is -0.0814. The molecule has 1 aromatic heterocycles. The van der Waals surface area contributed by atoms with E-state index in [1.165, 1.54) is 9.87 Å². The lowest BCUT2D eigenvalue weighted by molar-refractivity contribution is 0.0629. The SMILES string of the molecule is CCN(CC)S(=O)(=O)c1ccc(N2CCCC2)c(C(=O)N2CCN(Cc3ccncc3)CC2)c1. The number of nitrogens with zero attached hydrogens (tertiary/aromatic N) is 5. The molecule has 0 radical (unpaired) electrons. The van der Waals surface area contributed by atoms with E-state index >= 15 is 0 Å². The second kappa shape index (κ2) is 10.8. The molecule has 2 fully saturated rings. The van der Waals surface area contributed by atoms with E-state index in [0.29, 0.717) is 31.7 Å². The monoisotopic (exact) mass is 485 g/mol. The van der Waals surface area contributed by atoms with Crippen LogP contribution in [0.1, 0.15) is 42.6 Å². The molecule has 3 heterocycles. The van der Waals surface area contributed by atoms with Gasteiger partial charge in [-0.2, -0.15) is 4.31 Å². The van der Waals surface area contributed by atoms with E-state index in [4.69, 9.17) is 0 Å². The van der Waals surface area contributed by atoms with E-state index in [0.717, 1.165) is 51.3 Å².